The highest BCUT2D eigenvalue weighted by molar-refractivity contribution is 7.89. The lowest BCUT2D eigenvalue weighted by atomic mass is 10.3. The van der Waals surface area contributed by atoms with E-state index in [4.69, 9.17) is 21.6 Å². The summed E-state index contributed by atoms with van der Waals surface area (Å²) >= 11 is 1.27. The molecule has 2 rings (SSSR count). The quantitative estimate of drug-likeness (QED) is 0.488. The molecule has 6 N–H and O–H groups in total. The minimum absolute atomic E-state index is 0.0710. The Hall–Kier alpha value is -2.60. The standard InChI is InChI=1S/C12H17N7O3S2/c1-19(11(15)18-24(2,20)21)5-7-3-4-9(22-7)8-6-23-12(16-8)17-10(13)14/h3-4,6H,5H2,1-2H3,(H2,15,18)(H4,13,14,16,17). The molecule has 2 aromatic rings. The SMILES string of the molecule is CN(Cc1ccc(-c2csc(N=C(N)N)n2)o1)C(N)=NS(C)(=O)=O. The molecule has 0 amide bonds. The molecular formula is C12H17N7O3S2. The Labute approximate surface area is 142 Å². The van der Waals surface area contributed by atoms with Gasteiger partial charge in [-0.1, -0.05) is 0 Å². The highest BCUT2D eigenvalue weighted by Gasteiger charge is 2.12. The van der Waals surface area contributed by atoms with Crippen LogP contribution >= 0.6 is 11.3 Å². The molecule has 0 spiro atoms. The first kappa shape index (κ1) is 17.7. The van der Waals surface area contributed by atoms with E-state index in [2.05, 4.69) is 14.4 Å². The van der Waals surface area contributed by atoms with E-state index >= 15 is 0 Å². The summed E-state index contributed by atoms with van der Waals surface area (Å²) in [6.45, 7) is 0.246. The van der Waals surface area contributed by atoms with Crippen LogP contribution in [0.25, 0.3) is 11.5 Å². The Morgan fingerprint density at radius 3 is 2.71 bits per heavy atom. The topological polar surface area (TPSA) is 166 Å². The van der Waals surface area contributed by atoms with Gasteiger partial charge in [-0.15, -0.1) is 15.7 Å². The van der Waals surface area contributed by atoms with Crippen LogP contribution in [0.2, 0.25) is 0 Å². The van der Waals surface area contributed by atoms with E-state index in [1.165, 1.54) is 16.2 Å². The average molecular weight is 371 g/mol. The van der Waals surface area contributed by atoms with Crippen molar-refractivity contribution >= 4 is 38.4 Å². The molecule has 0 atom stereocenters. The van der Waals surface area contributed by atoms with Crippen molar-refractivity contribution in [2.24, 2.45) is 26.6 Å². The lowest BCUT2D eigenvalue weighted by Crippen LogP contribution is -2.34. The maximum Gasteiger partial charge on any atom is 0.253 e. The monoisotopic (exact) mass is 371 g/mol. The van der Waals surface area contributed by atoms with E-state index < -0.39 is 10.0 Å². The number of nitrogens with zero attached hydrogens (tertiary/aromatic N) is 4. The summed E-state index contributed by atoms with van der Waals surface area (Å²) in [6, 6.07) is 3.47. The summed E-state index contributed by atoms with van der Waals surface area (Å²) < 4.78 is 31.3. The predicted molar refractivity (Wildman–Crippen MR) is 93.2 cm³/mol. The van der Waals surface area contributed by atoms with Crippen LogP contribution < -0.4 is 17.2 Å². The third-order valence-corrected chi connectivity index (χ3v) is 3.93. The third-order valence-electron chi connectivity index (χ3n) is 2.67. The molecule has 0 aromatic carbocycles. The zero-order chi connectivity index (χ0) is 17.9. The molecule has 24 heavy (non-hydrogen) atoms. The van der Waals surface area contributed by atoms with Crippen LogP contribution in [0.1, 0.15) is 5.76 Å². The summed E-state index contributed by atoms with van der Waals surface area (Å²) in [4.78, 5) is 9.55. The molecule has 12 heteroatoms. The number of nitrogens with two attached hydrogens (primary N) is 3. The van der Waals surface area contributed by atoms with Gasteiger partial charge in [-0.3, -0.25) is 0 Å². The van der Waals surface area contributed by atoms with E-state index in [1.54, 1.807) is 24.6 Å². The Bertz CT molecular complexity index is 878. The summed E-state index contributed by atoms with van der Waals surface area (Å²) in [7, 11) is -1.95. The second-order valence-electron chi connectivity index (χ2n) is 4.86. The van der Waals surface area contributed by atoms with Crippen LogP contribution in [0.3, 0.4) is 0 Å². The van der Waals surface area contributed by atoms with Crippen molar-refractivity contribution in [3.05, 3.63) is 23.3 Å². The Kier molecular flexibility index (Phi) is 5.09. The van der Waals surface area contributed by atoms with E-state index in [0.29, 0.717) is 22.3 Å². The molecule has 0 aliphatic carbocycles. The molecule has 10 nitrogen and oxygen atoms in total. The maximum atomic E-state index is 11.1. The molecule has 0 fully saturated rings. The maximum absolute atomic E-state index is 11.1. The van der Waals surface area contributed by atoms with Crippen molar-refractivity contribution in [1.29, 1.82) is 0 Å². The van der Waals surface area contributed by atoms with Crippen LogP contribution in [0, 0.1) is 0 Å². The van der Waals surface area contributed by atoms with Gasteiger partial charge in [-0.2, -0.15) is 4.99 Å². The predicted octanol–water partition coefficient (Wildman–Crippen LogP) is 0.0141. The molecule has 0 aliphatic rings. The van der Waals surface area contributed by atoms with Gasteiger partial charge in [0.05, 0.1) is 12.8 Å². The molecular weight excluding hydrogens is 354 g/mol. The smallest absolute Gasteiger partial charge is 0.253 e. The van der Waals surface area contributed by atoms with Crippen molar-refractivity contribution < 1.29 is 12.8 Å². The van der Waals surface area contributed by atoms with Crippen LogP contribution in [0.5, 0.6) is 0 Å². The fraction of sp³-hybridized carbons (Fsp3) is 0.250. The second-order valence-corrected chi connectivity index (χ2v) is 7.34. The first-order valence-corrected chi connectivity index (χ1v) is 9.27. The molecule has 2 aromatic heterocycles. The van der Waals surface area contributed by atoms with Crippen LogP contribution in [0.4, 0.5) is 5.13 Å². The molecule has 0 unspecified atom stereocenters. The fourth-order valence-electron chi connectivity index (χ4n) is 1.69. The van der Waals surface area contributed by atoms with Crippen molar-refractivity contribution in [1.82, 2.24) is 9.88 Å². The zero-order valence-electron chi connectivity index (χ0n) is 13.0. The van der Waals surface area contributed by atoms with Crippen LogP contribution in [-0.2, 0) is 16.6 Å². The summed E-state index contributed by atoms with van der Waals surface area (Å²) in [6.07, 6.45) is 0.967. The first-order chi connectivity index (χ1) is 11.1. The van der Waals surface area contributed by atoms with Gasteiger partial charge in [-0.05, 0) is 12.1 Å². The largest absolute Gasteiger partial charge is 0.458 e. The van der Waals surface area contributed by atoms with Gasteiger partial charge in [-0.25, -0.2) is 13.4 Å². The lowest BCUT2D eigenvalue weighted by molar-refractivity contribution is 0.413. The van der Waals surface area contributed by atoms with Gasteiger partial charge in [0.2, 0.25) is 11.1 Å². The minimum Gasteiger partial charge on any atom is -0.458 e. The van der Waals surface area contributed by atoms with Gasteiger partial charge in [0.25, 0.3) is 10.0 Å². The summed E-state index contributed by atoms with van der Waals surface area (Å²) in [5.41, 5.74) is 16.8. The van der Waals surface area contributed by atoms with Gasteiger partial charge >= 0.3 is 0 Å². The van der Waals surface area contributed by atoms with Crippen LogP contribution in [0.15, 0.2) is 31.3 Å². The molecule has 130 valence electrons. The number of aromatic nitrogens is 1. The Morgan fingerprint density at radius 1 is 1.38 bits per heavy atom. The molecule has 0 saturated heterocycles. The number of aliphatic imine (C=N–C) groups is 1. The van der Waals surface area contributed by atoms with Gasteiger partial charge in [0.15, 0.2) is 11.7 Å². The Morgan fingerprint density at radius 2 is 2.08 bits per heavy atom. The van der Waals surface area contributed by atoms with Crippen molar-refractivity contribution in [2.75, 3.05) is 13.3 Å². The number of rotatable bonds is 5. The molecule has 0 bridgehead atoms. The normalized spacial score (nSPS) is 12.2. The zero-order valence-corrected chi connectivity index (χ0v) is 14.6. The average Bonchev–Trinajstić information content (AvgIpc) is 3.05. The number of hydrogen-bond acceptors (Lipinski definition) is 6. The van der Waals surface area contributed by atoms with E-state index in [9.17, 15) is 8.42 Å². The highest BCUT2D eigenvalue weighted by atomic mass is 32.2. The number of thiazole rings is 1. The van der Waals surface area contributed by atoms with E-state index in [0.717, 1.165) is 6.26 Å². The minimum atomic E-state index is -3.56. The molecule has 0 radical (unpaired) electrons. The fourth-order valence-corrected chi connectivity index (χ4v) is 2.87. The molecule has 2 heterocycles. The second kappa shape index (κ2) is 6.88. The summed E-state index contributed by atoms with van der Waals surface area (Å²) in [5, 5.41) is 2.18. The van der Waals surface area contributed by atoms with Gasteiger partial charge in [0.1, 0.15) is 11.5 Å². The third kappa shape index (κ3) is 4.96. The van der Waals surface area contributed by atoms with E-state index in [-0.39, 0.29) is 18.5 Å². The number of furan rings is 1. The van der Waals surface area contributed by atoms with Gasteiger partial charge in [0, 0.05) is 12.4 Å². The van der Waals surface area contributed by atoms with Crippen LogP contribution in [-0.4, -0.2) is 43.5 Å². The Balaban J connectivity index is 2.12. The van der Waals surface area contributed by atoms with Gasteiger partial charge < -0.3 is 26.5 Å². The van der Waals surface area contributed by atoms with Crippen molar-refractivity contribution in [3.8, 4) is 11.5 Å². The number of guanidine groups is 2. The first-order valence-electron chi connectivity index (χ1n) is 6.55. The number of sulfonamides is 1. The van der Waals surface area contributed by atoms with Crippen molar-refractivity contribution in [3.63, 3.8) is 0 Å². The van der Waals surface area contributed by atoms with Crippen molar-refractivity contribution in [2.45, 2.75) is 6.54 Å². The number of hydrogen-bond donors (Lipinski definition) is 3. The lowest BCUT2D eigenvalue weighted by Gasteiger charge is -2.15. The van der Waals surface area contributed by atoms with E-state index in [1.807, 2.05) is 0 Å². The summed E-state index contributed by atoms with van der Waals surface area (Å²) in [5.74, 6) is 0.901. The molecule has 0 saturated carbocycles. The molecule has 0 aliphatic heterocycles. The highest BCUT2D eigenvalue weighted by Crippen LogP contribution is 2.28.